The van der Waals surface area contributed by atoms with Gasteiger partial charge in [0.1, 0.15) is 5.82 Å². The third-order valence-electron chi connectivity index (χ3n) is 4.29. The van der Waals surface area contributed by atoms with E-state index in [1.165, 1.54) is 16.7 Å². The van der Waals surface area contributed by atoms with Crippen LogP contribution in [0.15, 0.2) is 36.8 Å². The van der Waals surface area contributed by atoms with Crippen LogP contribution >= 0.6 is 0 Å². The quantitative estimate of drug-likeness (QED) is 0.694. The smallest absolute Gasteiger partial charge is 0.103 e. The molecule has 0 fully saturated rings. The number of hydrogen-bond donors (Lipinski definition) is 2. The highest BCUT2D eigenvalue weighted by Crippen LogP contribution is 2.23. The minimum absolute atomic E-state index is 0.120. The zero-order chi connectivity index (χ0) is 17.8. The Morgan fingerprint density at radius 3 is 2.68 bits per heavy atom. The van der Waals surface area contributed by atoms with E-state index in [0.717, 1.165) is 23.8 Å². The summed E-state index contributed by atoms with van der Waals surface area (Å²) in [7, 11) is 0. The number of rotatable bonds is 7. The summed E-state index contributed by atoms with van der Waals surface area (Å²) in [5.41, 5.74) is 5.81. The monoisotopic (exact) mass is 339 g/mol. The van der Waals surface area contributed by atoms with Crippen molar-refractivity contribution in [2.75, 3.05) is 13.2 Å². The number of nitrogens with zero attached hydrogens (tertiary/aromatic N) is 4. The molecule has 2 N–H and O–H groups in total. The van der Waals surface area contributed by atoms with Gasteiger partial charge >= 0.3 is 0 Å². The number of aryl methyl sites for hydroxylation is 3. The summed E-state index contributed by atoms with van der Waals surface area (Å²) in [6.07, 6.45) is 5.61. The van der Waals surface area contributed by atoms with Crippen molar-refractivity contribution in [3.8, 4) is 5.69 Å². The zero-order valence-electron chi connectivity index (χ0n) is 15.0. The summed E-state index contributed by atoms with van der Waals surface area (Å²) in [4.78, 5) is 9.75. The van der Waals surface area contributed by atoms with E-state index in [0.29, 0.717) is 13.1 Å². The molecule has 2 heterocycles. The highest BCUT2D eigenvalue weighted by molar-refractivity contribution is 5.48. The van der Waals surface area contributed by atoms with Crippen LogP contribution in [0.2, 0.25) is 0 Å². The van der Waals surface area contributed by atoms with Crippen LogP contribution in [0.1, 0.15) is 28.2 Å². The van der Waals surface area contributed by atoms with E-state index >= 15 is 0 Å². The first-order chi connectivity index (χ1) is 12.1. The molecule has 0 saturated heterocycles. The first-order valence-electron chi connectivity index (χ1n) is 8.50. The van der Waals surface area contributed by atoms with E-state index in [-0.39, 0.29) is 6.61 Å². The van der Waals surface area contributed by atoms with Crippen molar-refractivity contribution in [1.82, 2.24) is 24.6 Å². The summed E-state index contributed by atoms with van der Waals surface area (Å²) in [5, 5.41) is 13.9. The third-order valence-corrected chi connectivity index (χ3v) is 4.29. The van der Waals surface area contributed by atoms with Crippen molar-refractivity contribution < 1.29 is 5.11 Å². The Hall–Kier alpha value is -2.44. The van der Waals surface area contributed by atoms with Gasteiger partial charge in [-0.2, -0.15) is 5.10 Å². The van der Waals surface area contributed by atoms with E-state index in [1.54, 1.807) is 6.20 Å². The molecule has 132 valence electrons. The highest BCUT2D eigenvalue weighted by atomic mass is 16.3. The van der Waals surface area contributed by atoms with E-state index in [9.17, 15) is 5.11 Å². The number of nitrogens with one attached hydrogen (secondary N) is 1. The van der Waals surface area contributed by atoms with Gasteiger partial charge in [-0.05, 0) is 49.6 Å². The van der Waals surface area contributed by atoms with Gasteiger partial charge in [-0.1, -0.05) is 6.07 Å². The molecule has 0 saturated carbocycles. The number of benzene rings is 1. The van der Waals surface area contributed by atoms with Gasteiger partial charge < -0.3 is 10.1 Å². The molecular formula is C19H25N5O. The van der Waals surface area contributed by atoms with Crippen molar-refractivity contribution in [1.29, 1.82) is 0 Å². The summed E-state index contributed by atoms with van der Waals surface area (Å²) >= 11 is 0. The molecule has 6 nitrogen and oxygen atoms in total. The Morgan fingerprint density at radius 2 is 2.04 bits per heavy atom. The molecule has 1 aromatic carbocycles. The molecule has 0 bridgehead atoms. The summed E-state index contributed by atoms with van der Waals surface area (Å²) < 4.78 is 1.91. The number of imidazole rings is 1. The molecule has 0 atom stereocenters. The Morgan fingerprint density at radius 1 is 1.20 bits per heavy atom. The minimum Gasteiger partial charge on any atom is -0.395 e. The standard InChI is InChI=1S/C19H25N5O/c1-14-9-15(2)18(19(10-14)24-6-4-5-21-24)13-23(7-8-25)12-17-11-20-16(3)22-17/h4-6,9-11,25H,7-8,12-13H2,1-3H3,(H,20,22). The fraction of sp³-hybridized carbons (Fsp3) is 0.368. The minimum atomic E-state index is 0.120. The number of aromatic amines is 1. The van der Waals surface area contributed by atoms with Gasteiger partial charge in [0, 0.05) is 43.9 Å². The number of aliphatic hydroxyl groups is 1. The van der Waals surface area contributed by atoms with Gasteiger partial charge in [-0.25, -0.2) is 9.67 Å². The van der Waals surface area contributed by atoms with Crippen LogP contribution in [0.3, 0.4) is 0 Å². The lowest BCUT2D eigenvalue weighted by Gasteiger charge is -2.24. The molecule has 0 aliphatic heterocycles. The highest BCUT2D eigenvalue weighted by Gasteiger charge is 2.15. The SMILES string of the molecule is Cc1cc(C)c(CN(CCO)Cc2cnc(C)[nH]2)c(-n2cccn2)c1. The average molecular weight is 339 g/mol. The predicted molar refractivity (Wildman–Crippen MR) is 97.6 cm³/mol. The van der Waals surface area contributed by atoms with Crippen LogP contribution in [-0.2, 0) is 13.1 Å². The van der Waals surface area contributed by atoms with Crippen molar-refractivity contribution in [3.63, 3.8) is 0 Å². The predicted octanol–water partition coefficient (Wildman–Crippen LogP) is 2.52. The molecule has 0 aliphatic carbocycles. The van der Waals surface area contributed by atoms with Crippen LogP contribution in [0.25, 0.3) is 5.69 Å². The zero-order valence-corrected chi connectivity index (χ0v) is 15.0. The molecule has 3 aromatic rings. The van der Waals surface area contributed by atoms with E-state index in [4.69, 9.17) is 0 Å². The van der Waals surface area contributed by atoms with Crippen molar-refractivity contribution in [2.24, 2.45) is 0 Å². The van der Waals surface area contributed by atoms with Gasteiger partial charge in [0.25, 0.3) is 0 Å². The van der Waals surface area contributed by atoms with Crippen molar-refractivity contribution in [2.45, 2.75) is 33.9 Å². The maximum Gasteiger partial charge on any atom is 0.103 e. The van der Waals surface area contributed by atoms with Crippen molar-refractivity contribution in [3.05, 3.63) is 65.0 Å². The maximum absolute atomic E-state index is 9.48. The van der Waals surface area contributed by atoms with Gasteiger partial charge in [0.15, 0.2) is 0 Å². The van der Waals surface area contributed by atoms with Crippen LogP contribution < -0.4 is 0 Å². The summed E-state index contributed by atoms with van der Waals surface area (Å²) in [6.45, 7) is 8.35. The third kappa shape index (κ3) is 4.15. The fourth-order valence-electron chi connectivity index (χ4n) is 3.17. The Balaban J connectivity index is 1.91. The van der Waals surface area contributed by atoms with E-state index < -0.39 is 0 Å². The molecule has 0 radical (unpaired) electrons. The lowest BCUT2D eigenvalue weighted by Crippen LogP contribution is -2.27. The van der Waals surface area contributed by atoms with Crippen LogP contribution in [0.5, 0.6) is 0 Å². The first kappa shape index (κ1) is 17.4. The molecular weight excluding hydrogens is 314 g/mol. The number of hydrogen-bond acceptors (Lipinski definition) is 4. The van der Waals surface area contributed by atoms with Crippen molar-refractivity contribution >= 4 is 0 Å². The lowest BCUT2D eigenvalue weighted by atomic mass is 10.0. The molecule has 25 heavy (non-hydrogen) atoms. The van der Waals surface area contributed by atoms with Crippen LogP contribution in [0.4, 0.5) is 0 Å². The Kier molecular flexibility index (Phi) is 5.31. The number of H-pyrrole nitrogens is 1. The van der Waals surface area contributed by atoms with Gasteiger partial charge in [-0.15, -0.1) is 0 Å². The van der Waals surface area contributed by atoms with Gasteiger partial charge in [0.05, 0.1) is 12.3 Å². The second-order valence-electron chi connectivity index (χ2n) is 6.46. The second-order valence-corrected chi connectivity index (χ2v) is 6.46. The molecule has 3 rings (SSSR count). The summed E-state index contributed by atoms with van der Waals surface area (Å²) in [6, 6.07) is 6.28. The summed E-state index contributed by atoms with van der Waals surface area (Å²) in [5.74, 6) is 0.905. The van der Waals surface area contributed by atoms with Gasteiger partial charge in [-0.3, -0.25) is 4.90 Å². The second kappa shape index (κ2) is 7.63. The molecule has 0 amide bonds. The molecule has 6 heteroatoms. The first-order valence-corrected chi connectivity index (χ1v) is 8.50. The maximum atomic E-state index is 9.48. The molecule has 0 aliphatic rings. The van der Waals surface area contributed by atoms with E-state index in [1.807, 2.05) is 30.1 Å². The fourth-order valence-corrected chi connectivity index (χ4v) is 3.17. The Labute approximate surface area is 148 Å². The topological polar surface area (TPSA) is 70.0 Å². The molecule has 0 spiro atoms. The molecule has 0 unspecified atom stereocenters. The molecule has 2 aromatic heterocycles. The largest absolute Gasteiger partial charge is 0.395 e. The van der Waals surface area contributed by atoms with Gasteiger partial charge in [0.2, 0.25) is 0 Å². The average Bonchev–Trinajstić information content (AvgIpc) is 3.21. The number of aliphatic hydroxyl groups excluding tert-OH is 1. The van der Waals surface area contributed by atoms with E-state index in [2.05, 4.69) is 45.9 Å². The number of aromatic nitrogens is 4. The Bertz CT molecular complexity index is 822. The van der Waals surface area contributed by atoms with Crippen LogP contribution in [0, 0.1) is 20.8 Å². The normalized spacial score (nSPS) is 11.4. The van der Waals surface area contributed by atoms with Crippen LogP contribution in [-0.4, -0.2) is 42.9 Å². The lowest BCUT2D eigenvalue weighted by molar-refractivity contribution is 0.182.